The molecule has 0 saturated carbocycles. The highest BCUT2D eigenvalue weighted by Gasteiger charge is 2.22. The van der Waals surface area contributed by atoms with E-state index in [2.05, 4.69) is 22.4 Å². The molecule has 1 aromatic heterocycles. The Morgan fingerprint density at radius 2 is 1.74 bits per heavy atom. The van der Waals surface area contributed by atoms with E-state index in [1.165, 1.54) is 0 Å². The zero-order chi connectivity index (χ0) is 21.6. The summed E-state index contributed by atoms with van der Waals surface area (Å²) in [6.45, 7) is 4.02. The van der Waals surface area contributed by atoms with Crippen molar-refractivity contribution in [2.75, 3.05) is 40.4 Å². The number of ether oxygens (including phenoxy) is 2. The molecule has 31 heavy (non-hydrogen) atoms. The van der Waals surface area contributed by atoms with Crippen molar-refractivity contribution in [1.29, 1.82) is 0 Å². The molecular formula is C24H27N3O3S. The van der Waals surface area contributed by atoms with Gasteiger partial charge in [0, 0.05) is 37.1 Å². The SMILES string of the molecule is COc1ccc(CC(=O)N2CCN(Cc3nc(-c4ccccc4)cs3)CC2)cc1OC. The number of aromatic nitrogens is 1. The zero-order valence-electron chi connectivity index (χ0n) is 17.9. The second-order valence-corrected chi connectivity index (χ2v) is 8.46. The molecule has 7 heteroatoms. The minimum atomic E-state index is 0.146. The van der Waals surface area contributed by atoms with Gasteiger partial charge in [-0.25, -0.2) is 4.98 Å². The van der Waals surface area contributed by atoms with Gasteiger partial charge in [-0.3, -0.25) is 9.69 Å². The van der Waals surface area contributed by atoms with Crippen LogP contribution in [0.25, 0.3) is 11.3 Å². The fourth-order valence-corrected chi connectivity index (χ4v) is 4.59. The van der Waals surface area contributed by atoms with Crippen molar-refractivity contribution in [2.45, 2.75) is 13.0 Å². The Bertz CT molecular complexity index is 1010. The zero-order valence-corrected chi connectivity index (χ0v) is 18.7. The van der Waals surface area contributed by atoms with E-state index in [1.807, 2.05) is 41.3 Å². The van der Waals surface area contributed by atoms with Gasteiger partial charge in [-0.2, -0.15) is 0 Å². The normalized spacial score (nSPS) is 14.5. The van der Waals surface area contributed by atoms with Gasteiger partial charge >= 0.3 is 0 Å². The van der Waals surface area contributed by atoms with Gasteiger partial charge in [-0.1, -0.05) is 36.4 Å². The van der Waals surface area contributed by atoms with Crippen molar-refractivity contribution < 1.29 is 14.3 Å². The summed E-state index contributed by atoms with van der Waals surface area (Å²) >= 11 is 1.70. The monoisotopic (exact) mass is 437 g/mol. The first-order valence-electron chi connectivity index (χ1n) is 10.4. The van der Waals surface area contributed by atoms with E-state index >= 15 is 0 Å². The maximum Gasteiger partial charge on any atom is 0.227 e. The molecule has 0 N–H and O–H groups in total. The summed E-state index contributed by atoms with van der Waals surface area (Å²) in [4.78, 5) is 21.9. The van der Waals surface area contributed by atoms with Crippen LogP contribution in [-0.4, -0.2) is 61.1 Å². The molecular weight excluding hydrogens is 410 g/mol. The third-order valence-corrected chi connectivity index (χ3v) is 6.34. The Hall–Kier alpha value is -2.90. The lowest BCUT2D eigenvalue weighted by Crippen LogP contribution is -2.48. The van der Waals surface area contributed by atoms with Gasteiger partial charge < -0.3 is 14.4 Å². The van der Waals surface area contributed by atoms with E-state index in [-0.39, 0.29) is 5.91 Å². The number of benzene rings is 2. The largest absolute Gasteiger partial charge is 0.493 e. The van der Waals surface area contributed by atoms with Crippen LogP contribution in [-0.2, 0) is 17.8 Å². The fourth-order valence-electron chi connectivity index (χ4n) is 3.75. The van der Waals surface area contributed by atoms with Crippen LogP contribution in [0, 0.1) is 0 Å². The van der Waals surface area contributed by atoms with Gasteiger partial charge in [0.25, 0.3) is 0 Å². The molecule has 1 fully saturated rings. The van der Waals surface area contributed by atoms with Crippen molar-refractivity contribution >= 4 is 17.2 Å². The summed E-state index contributed by atoms with van der Waals surface area (Å²) in [5.41, 5.74) is 3.11. The lowest BCUT2D eigenvalue weighted by Gasteiger charge is -2.34. The van der Waals surface area contributed by atoms with Crippen molar-refractivity contribution in [1.82, 2.24) is 14.8 Å². The van der Waals surface area contributed by atoms with Crippen molar-refractivity contribution in [3.8, 4) is 22.8 Å². The highest BCUT2D eigenvalue weighted by molar-refractivity contribution is 7.09. The second kappa shape index (κ2) is 9.94. The number of rotatable bonds is 7. The van der Waals surface area contributed by atoms with E-state index in [9.17, 15) is 4.79 Å². The van der Waals surface area contributed by atoms with Crippen LogP contribution in [0.2, 0.25) is 0 Å². The number of carbonyl (C=O) groups excluding carboxylic acids is 1. The highest BCUT2D eigenvalue weighted by Crippen LogP contribution is 2.28. The summed E-state index contributed by atoms with van der Waals surface area (Å²) in [5, 5.41) is 3.23. The third kappa shape index (κ3) is 5.24. The van der Waals surface area contributed by atoms with Gasteiger partial charge in [0.15, 0.2) is 11.5 Å². The first-order chi connectivity index (χ1) is 15.2. The Morgan fingerprint density at radius 1 is 1.00 bits per heavy atom. The van der Waals surface area contributed by atoms with Gasteiger partial charge in [0.2, 0.25) is 5.91 Å². The number of hydrogen-bond donors (Lipinski definition) is 0. The quantitative estimate of drug-likeness (QED) is 0.564. The number of piperazine rings is 1. The predicted molar refractivity (Wildman–Crippen MR) is 123 cm³/mol. The Labute approximate surface area is 187 Å². The maximum absolute atomic E-state index is 12.8. The molecule has 162 valence electrons. The van der Waals surface area contributed by atoms with Crippen LogP contribution < -0.4 is 9.47 Å². The van der Waals surface area contributed by atoms with E-state index in [4.69, 9.17) is 14.5 Å². The highest BCUT2D eigenvalue weighted by atomic mass is 32.1. The van der Waals surface area contributed by atoms with Crippen molar-refractivity contribution in [3.63, 3.8) is 0 Å². The number of methoxy groups -OCH3 is 2. The molecule has 2 heterocycles. The summed E-state index contributed by atoms with van der Waals surface area (Å²) in [6.07, 6.45) is 0.368. The molecule has 0 bridgehead atoms. The fraction of sp³-hybridized carbons (Fsp3) is 0.333. The minimum Gasteiger partial charge on any atom is -0.493 e. The number of thiazole rings is 1. The summed E-state index contributed by atoms with van der Waals surface area (Å²) in [6, 6.07) is 15.9. The molecule has 1 aliphatic heterocycles. The van der Waals surface area contributed by atoms with Crippen molar-refractivity contribution in [3.05, 3.63) is 64.5 Å². The summed E-state index contributed by atoms with van der Waals surface area (Å²) in [5.74, 6) is 1.47. The molecule has 0 unspecified atom stereocenters. The molecule has 0 atom stereocenters. The molecule has 2 aromatic carbocycles. The molecule has 4 rings (SSSR count). The third-order valence-electron chi connectivity index (χ3n) is 5.51. The lowest BCUT2D eigenvalue weighted by atomic mass is 10.1. The summed E-state index contributed by atoms with van der Waals surface area (Å²) in [7, 11) is 3.21. The maximum atomic E-state index is 12.8. The van der Waals surface area contributed by atoms with Crippen LogP contribution in [0.15, 0.2) is 53.9 Å². The Morgan fingerprint density at radius 3 is 2.45 bits per heavy atom. The molecule has 0 aliphatic carbocycles. The van der Waals surface area contributed by atoms with E-state index in [0.29, 0.717) is 17.9 Å². The molecule has 1 amide bonds. The van der Waals surface area contributed by atoms with Gasteiger partial charge in [-0.15, -0.1) is 11.3 Å². The molecule has 6 nitrogen and oxygen atoms in total. The number of hydrogen-bond acceptors (Lipinski definition) is 6. The Kier molecular flexibility index (Phi) is 6.84. The number of amides is 1. The predicted octanol–water partition coefficient (Wildman–Crippen LogP) is 3.71. The number of nitrogens with zero attached hydrogens (tertiary/aromatic N) is 3. The lowest BCUT2D eigenvalue weighted by molar-refractivity contribution is -0.132. The summed E-state index contributed by atoms with van der Waals surface area (Å²) < 4.78 is 10.6. The van der Waals surface area contributed by atoms with Crippen LogP contribution in [0.3, 0.4) is 0 Å². The van der Waals surface area contributed by atoms with Crippen molar-refractivity contribution in [2.24, 2.45) is 0 Å². The minimum absolute atomic E-state index is 0.146. The van der Waals surface area contributed by atoms with E-state index < -0.39 is 0 Å². The van der Waals surface area contributed by atoms with Gasteiger partial charge in [0.1, 0.15) is 5.01 Å². The van der Waals surface area contributed by atoms with Gasteiger partial charge in [0.05, 0.1) is 32.9 Å². The van der Waals surface area contributed by atoms with Crippen LogP contribution >= 0.6 is 11.3 Å². The molecule has 3 aromatic rings. The van der Waals surface area contributed by atoms with Gasteiger partial charge in [-0.05, 0) is 17.7 Å². The molecule has 1 saturated heterocycles. The molecule has 0 radical (unpaired) electrons. The van der Waals surface area contributed by atoms with E-state index in [1.54, 1.807) is 25.6 Å². The van der Waals surface area contributed by atoms with Crippen LogP contribution in [0.5, 0.6) is 11.5 Å². The average molecular weight is 438 g/mol. The average Bonchev–Trinajstić information content (AvgIpc) is 3.28. The first-order valence-corrected chi connectivity index (χ1v) is 11.2. The first kappa shape index (κ1) is 21.3. The topological polar surface area (TPSA) is 54.9 Å². The smallest absolute Gasteiger partial charge is 0.227 e. The molecule has 0 spiro atoms. The van der Waals surface area contributed by atoms with Crippen LogP contribution in [0.1, 0.15) is 10.6 Å². The standard InChI is InChI=1S/C24H27N3O3S/c1-29-21-9-8-18(14-22(21)30-2)15-24(28)27-12-10-26(11-13-27)16-23-25-20(17-31-23)19-6-4-3-5-7-19/h3-9,14,17H,10-13,15-16H2,1-2H3. The van der Waals surface area contributed by atoms with E-state index in [0.717, 1.165) is 54.6 Å². The van der Waals surface area contributed by atoms with Crippen LogP contribution in [0.4, 0.5) is 0 Å². The second-order valence-electron chi connectivity index (χ2n) is 7.52. The Balaban J connectivity index is 1.29. The molecule has 1 aliphatic rings. The number of carbonyl (C=O) groups is 1.